The first-order valence-electron chi connectivity index (χ1n) is 6.56. The number of carbonyl (C=O) groups excluding carboxylic acids is 2. The third-order valence-corrected chi connectivity index (χ3v) is 3.27. The molecule has 1 amide bonds. The fraction of sp³-hybridized carbons (Fsp3) is 0.429. The standard InChI is InChI=1S/C14H17ClN2O5/c1-8(2)13(14(19)22-3)16-12(18)6-9-4-5-10(15)7-11(9)17(20)21/h4-5,7-8,13H,6H2,1-3H3,(H,16,18)/t13-/m0/s1. The zero-order chi connectivity index (χ0) is 16.9. The van der Waals surface area contributed by atoms with Crippen LogP contribution in [0.5, 0.6) is 0 Å². The van der Waals surface area contributed by atoms with Crippen LogP contribution >= 0.6 is 11.6 Å². The number of amides is 1. The molecule has 0 unspecified atom stereocenters. The maximum absolute atomic E-state index is 12.0. The minimum atomic E-state index is -0.802. The summed E-state index contributed by atoms with van der Waals surface area (Å²) in [5, 5.41) is 13.7. The smallest absolute Gasteiger partial charge is 0.328 e. The van der Waals surface area contributed by atoms with Crippen LogP contribution in [0, 0.1) is 16.0 Å². The molecule has 0 fully saturated rings. The van der Waals surface area contributed by atoms with Gasteiger partial charge in [0.1, 0.15) is 6.04 Å². The van der Waals surface area contributed by atoms with Crippen molar-refractivity contribution < 1.29 is 19.2 Å². The van der Waals surface area contributed by atoms with Gasteiger partial charge in [-0.3, -0.25) is 14.9 Å². The SMILES string of the molecule is COC(=O)[C@@H](NC(=O)Cc1ccc(Cl)cc1[N+](=O)[O-])C(C)C. The number of benzene rings is 1. The summed E-state index contributed by atoms with van der Waals surface area (Å²) in [6.07, 6.45) is -0.228. The highest BCUT2D eigenvalue weighted by molar-refractivity contribution is 6.30. The van der Waals surface area contributed by atoms with E-state index < -0.39 is 22.8 Å². The second kappa shape index (κ2) is 7.74. The van der Waals surface area contributed by atoms with E-state index in [1.807, 2.05) is 0 Å². The number of nitrogens with zero attached hydrogens (tertiary/aromatic N) is 1. The Labute approximate surface area is 132 Å². The molecule has 0 aliphatic heterocycles. The predicted molar refractivity (Wildman–Crippen MR) is 80.6 cm³/mol. The lowest BCUT2D eigenvalue weighted by molar-refractivity contribution is -0.385. The maximum atomic E-state index is 12.0. The number of ether oxygens (including phenoxy) is 1. The molecule has 1 N–H and O–H groups in total. The van der Waals surface area contributed by atoms with E-state index in [0.29, 0.717) is 0 Å². The van der Waals surface area contributed by atoms with Crippen molar-refractivity contribution >= 4 is 29.2 Å². The Bertz CT molecular complexity index is 589. The molecule has 0 saturated carbocycles. The van der Waals surface area contributed by atoms with Crippen LogP contribution in [-0.4, -0.2) is 30.0 Å². The summed E-state index contributed by atoms with van der Waals surface area (Å²) in [5.74, 6) is -1.24. The molecule has 1 atom stereocenters. The minimum absolute atomic E-state index is 0.170. The van der Waals surface area contributed by atoms with Gasteiger partial charge in [-0.25, -0.2) is 4.79 Å². The Morgan fingerprint density at radius 3 is 2.55 bits per heavy atom. The number of carbonyl (C=O) groups is 2. The molecule has 1 aromatic rings. The number of hydrogen-bond donors (Lipinski definition) is 1. The second-order valence-corrected chi connectivity index (χ2v) is 5.46. The number of hydrogen-bond acceptors (Lipinski definition) is 5. The third-order valence-electron chi connectivity index (χ3n) is 3.03. The quantitative estimate of drug-likeness (QED) is 0.490. The van der Waals surface area contributed by atoms with Crippen LogP contribution in [0.3, 0.4) is 0 Å². The summed E-state index contributed by atoms with van der Waals surface area (Å²) in [4.78, 5) is 34.0. The fourth-order valence-electron chi connectivity index (χ4n) is 1.88. The van der Waals surface area contributed by atoms with Crippen LogP contribution in [0.1, 0.15) is 19.4 Å². The number of rotatable bonds is 6. The monoisotopic (exact) mass is 328 g/mol. The van der Waals surface area contributed by atoms with Gasteiger partial charge < -0.3 is 10.1 Å². The average molecular weight is 329 g/mol. The second-order valence-electron chi connectivity index (χ2n) is 5.02. The summed E-state index contributed by atoms with van der Waals surface area (Å²) >= 11 is 5.72. The largest absolute Gasteiger partial charge is 0.467 e. The van der Waals surface area contributed by atoms with Crippen molar-refractivity contribution in [1.82, 2.24) is 5.32 Å². The van der Waals surface area contributed by atoms with Gasteiger partial charge in [-0.15, -0.1) is 0 Å². The van der Waals surface area contributed by atoms with Crippen LogP contribution in [0.4, 0.5) is 5.69 Å². The lowest BCUT2D eigenvalue weighted by Gasteiger charge is -2.19. The molecular weight excluding hydrogens is 312 g/mol. The Morgan fingerprint density at radius 1 is 1.41 bits per heavy atom. The first-order valence-corrected chi connectivity index (χ1v) is 6.94. The molecule has 1 aromatic carbocycles. The van der Waals surface area contributed by atoms with E-state index in [1.165, 1.54) is 25.3 Å². The molecule has 7 nitrogen and oxygen atoms in total. The van der Waals surface area contributed by atoms with Crippen molar-refractivity contribution in [3.05, 3.63) is 38.9 Å². The summed E-state index contributed by atoms with van der Waals surface area (Å²) in [5.41, 5.74) is -0.0129. The van der Waals surface area contributed by atoms with Crippen LogP contribution in [-0.2, 0) is 20.7 Å². The first-order chi connectivity index (χ1) is 10.3. The molecule has 120 valence electrons. The van der Waals surface area contributed by atoms with Gasteiger partial charge in [0, 0.05) is 16.7 Å². The van der Waals surface area contributed by atoms with Gasteiger partial charge in [0.2, 0.25) is 5.91 Å². The Hall–Kier alpha value is -2.15. The van der Waals surface area contributed by atoms with Gasteiger partial charge in [0.25, 0.3) is 5.69 Å². The van der Waals surface area contributed by atoms with Gasteiger partial charge in [-0.1, -0.05) is 31.5 Å². The van der Waals surface area contributed by atoms with Gasteiger partial charge in [0.15, 0.2) is 0 Å². The first kappa shape index (κ1) is 17.9. The van der Waals surface area contributed by atoms with E-state index in [9.17, 15) is 19.7 Å². The van der Waals surface area contributed by atoms with E-state index in [1.54, 1.807) is 13.8 Å². The van der Waals surface area contributed by atoms with Crippen LogP contribution in [0.15, 0.2) is 18.2 Å². The van der Waals surface area contributed by atoms with Gasteiger partial charge in [-0.2, -0.15) is 0 Å². The van der Waals surface area contributed by atoms with Crippen molar-refractivity contribution in [2.75, 3.05) is 7.11 Å². The van der Waals surface area contributed by atoms with E-state index in [4.69, 9.17) is 11.6 Å². The summed E-state index contributed by atoms with van der Waals surface area (Å²) < 4.78 is 4.62. The van der Waals surface area contributed by atoms with E-state index in [-0.39, 0.29) is 28.6 Å². The predicted octanol–water partition coefficient (Wildman–Crippen LogP) is 2.10. The Balaban J connectivity index is 2.89. The summed E-state index contributed by atoms with van der Waals surface area (Å²) in [6, 6.07) is 3.27. The zero-order valence-electron chi connectivity index (χ0n) is 12.5. The normalized spacial score (nSPS) is 11.9. The number of nitro benzene ring substituents is 1. The summed E-state index contributed by atoms with van der Waals surface area (Å²) in [7, 11) is 1.23. The lowest BCUT2D eigenvalue weighted by atomic mass is 10.0. The Kier molecular flexibility index (Phi) is 6.30. The van der Waals surface area contributed by atoms with Crippen molar-refractivity contribution in [3.8, 4) is 0 Å². The lowest BCUT2D eigenvalue weighted by Crippen LogP contribution is -2.45. The van der Waals surface area contributed by atoms with Crippen molar-refractivity contribution in [2.24, 2.45) is 5.92 Å². The highest BCUT2D eigenvalue weighted by Gasteiger charge is 2.26. The van der Waals surface area contributed by atoms with Crippen LogP contribution in [0.25, 0.3) is 0 Å². The molecule has 0 bridgehead atoms. The summed E-state index contributed by atoms with van der Waals surface area (Å²) in [6.45, 7) is 3.51. The van der Waals surface area contributed by atoms with Crippen molar-refractivity contribution in [2.45, 2.75) is 26.3 Å². The fourth-order valence-corrected chi connectivity index (χ4v) is 2.04. The van der Waals surface area contributed by atoms with Crippen molar-refractivity contribution in [1.29, 1.82) is 0 Å². The average Bonchev–Trinajstić information content (AvgIpc) is 2.45. The number of nitro groups is 1. The molecule has 0 spiro atoms. The minimum Gasteiger partial charge on any atom is -0.467 e. The maximum Gasteiger partial charge on any atom is 0.328 e. The van der Waals surface area contributed by atoms with Gasteiger partial charge in [0.05, 0.1) is 18.5 Å². The molecule has 0 heterocycles. The van der Waals surface area contributed by atoms with E-state index >= 15 is 0 Å². The molecule has 22 heavy (non-hydrogen) atoms. The number of esters is 1. The van der Waals surface area contributed by atoms with Gasteiger partial charge in [-0.05, 0) is 12.0 Å². The number of halogens is 1. The van der Waals surface area contributed by atoms with Crippen molar-refractivity contribution in [3.63, 3.8) is 0 Å². The highest BCUT2D eigenvalue weighted by atomic mass is 35.5. The molecule has 0 aliphatic carbocycles. The van der Waals surface area contributed by atoms with E-state index in [2.05, 4.69) is 10.1 Å². The molecule has 0 radical (unpaired) electrons. The Morgan fingerprint density at radius 2 is 2.05 bits per heavy atom. The van der Waals surface area contributed by atoms with Gasteiger partial charge >= 0.3 is 5.97 Å². The number of methoxy groups -OCH3 is 1. The van der Waals surface area contributed by atoms with Crippen LogP contribution < -0.4 is 5.32 Å². The van der Waals surface area contributed by atoms with E-state index in [0.717, 1.165) is 0 Å². The molecule has 0 aliphatic rings. The molecular formula is C14H17ClN2O5. The molecule has 8 heteroatoms. The van der Waals surface area contributed by atoms with Crippen LogP contribution in [0.2, 0.25) is 5.02 Å². The third kappa shape index (κ3) is 4.70. The molecule has 0 saturated heterocycles. The molecule has 0 aromatic heterocycles. The zero-order valence-corrected chi connectivity index (χ0v) is 13.2. The molecule has 1 rings (SSSR count). The highest BCUT2D eigenvalue weighted by Crippen LogP contribution is 2.23. The topological polar surface area (TPSA) is 98.5 Å². The number of nitrogens with one attached hydrogen (secondary N) is 1.